The summed E-state index contributed by atoms with van der Waals surface area (Å²) in [5, 5.41) is 15.1. The van der Waals surface area contributed by atoms with E-state index in [4.69, 9.17) is 6.57 Å². The highest BCUT2D eigenvalue weighted by Gasteiger charge is 2.18. The third-order valence-electron chi connectivity index (χ3n) is 9.38. The molecule has 0 radical (unpaired) electrons. The Bertz CT molecular complexity index is 2760. The molecule has 0 amide bonds. The molecule has 0 fully saturated rings. The van der Waals surface area contributed by atoms with E-state index in [0.717, 1.165) is 66.5 Å². The highest BCUT2D eigenvalue weighted by Crippen LogP contribution is 2.39. The van der Waals surface area contributed by atoms with Crippen LogP contribution >= 0.6 is 0 Å². The van der Waals surface area contributed by atoms with Crippen LogP contribution in [0.1, 0.15) is 5.56 Å². The molecule has 9 aromatic rings. The second-order valence-corrected chi connectivity index (χ2v) is 12.0. The summed E-state index contributed by atoms with van der Waals surface area (Å²) < 4.78 is 4.56. The molecule has 4 nitrogen and oxygen atoms in total. The number of nitriles is 1. The molecule has 9 rings (SSSR count). The van der Waals surface area contributed by atoms with E-state index >= 15 is 0 Å². The molecule has 0 spiro atoms. The van der Waals surface area contributed by atoms with Gasteiger partial charge in [-0.05, 0) is 71.1 Å². The Morgan fingerprint density at radius 1 is 0.479 bits per heavy atom. The van der Waals surface area contributed by atoms with Gasteiger partial charge in [-0.1, -0.05) is 103 Å². The minimum Gasteiger partial charge on any atom is -0.309 e. The lowest BCUT2D eigenvalue weighted by Gasteiger charge is -2.16. The standard InChI is InChI=1S/C44H26N4/c1-46-32-22-24-44-39(27-32)38-16-5-9-20-43(38)48(44)42-19-8-2-13-35(42)34-23-21-30(25-31(34)28-45)29-11-10-12-33(26-29)47-40-17-6-3-14-36(40)37-15-4-7-18-41(37)47/h2-27H. The number of nitrogens with zero attached hydrogens (tertiary/aromatic N) is 4. The first-order valence-corrected chi connectivity index (χ1v) is 15.9. The number of fused-ring (bicyclic) bond motifs is 6. The van der Waals surface area contributed by atoms with Crippen molar-refractivity contribution >= 4 is 49.3 Å². The number of rotatable bonds is 4. The second kappa shape index (κ2) is 10.9. The highest BCUT2D eigenvalue weighted by atomic mass is 15.0. The monoisotopic (exact) mass is 610 g/mol. The molecule has 0 aliphatic carbocycles. The number of hydrogen-bond acceptors (Lipinski definition) is 1. The van der Waals surface area contributed by atoms with Crippen LogP contribution in [0.15, 0.2) is 158 Å². The third-order valence-corrected chi connectivity index (χ3v) is 9.38. The Morgan fingerprint density at radius 3 is 1.79 bits per heavy atom. The summed E-state index contributed by atoms with van der Waals surface area (Å²) in [5.74, 6) is 0. The summed E-state index contributed by atoms with van der Waals surface area (Å²) in [6.45, 7) is 7.57. The molecule has 0 N–H and O–H groups in total. The Hall–Kier alpha value is -6.88. The number of para-hydroxylation sites is 4. The maximum absolute atomic E-state index is 10.5. The van der Waals surface area contributed by atoms with E-state index in [9.17, 15) is 5.26 Å². The van der Waals surface area contributed by atoms with Crippen molar-refractivity contribution in [3.63, 3.8) is 0 Å². The molecule has 48 heavy (non-hydrogen) atoms. The fraction of sp³-hybridized carbons (Fsp3) is 0. The smallest absolute Gasteiger partial charge is 0.188 e. The van der Waals surface area contributed by atoms with Crippen LogP contribution in [0.4, 0.5) is 5.69 Å². The van der Waals surface area contributed by atoms with Gasteiger partial charge in [0.15, 0.2) is 5.69 Å². The quantitative estimate of drug-likeness (QED) is 0.183. The van der Waals surface area contributed by atoms with Crippen LogP contribution in [0.25, 0.3) is 82.1 Å². The lowest BCUT2D eigenvalue weighted by Crippen LogP contribution is -1.98. The van der Waals surface area contributed by atoms with Crippen molar-refractivity contribution in [2.24, 2.45) is 0 Å². The Kier molecular flexibility index (Phi) is 6.22. The van der Waals surface area contributed by atoms with E-state index in [0.29, 0.717) is 11.3 Å². The van der Waals surface area contributed by atoms with Crippen molar-refractivity contribution in [3.8, 4) is 39.7 Å². The fourth-order valence-corrected chi connectivity index (χ4v) is 7.26. The summed E-state index contributed by atoms with van der Waals surface area (Å²) in [7, 11) is 0. The van der Waals surface area contributed by atoms with E-state index in [1.54, 1.807) is 0 Å². The Morgan fingerprint density at radius 2 is 1.08 bits per heavy atom. The summed E-state index contributed by atoms with van der Waals surface area (Å²) in [4.78, 5) is 3.68. The topological polar surface area (TPSA) is 38.0 Å². The molecule has 222 valence electrons. The fourth-order valence-electron chi connectivity index (χ4n) is 7.26. The number of benzene rings is 7. The predicted octanol–water partition coefficient (Wildman–Crippen LogP) is 11.6. The van der Waals surface area contributed by atoms with Gasteiger partial charge >= 0.3 is 0 Å². The van der Waals surface area contributed by atoms with E-state index in [2.05, 4.69) is 129 Å². The molecule has 0 aliphatic rings. The third kappa shape index (κ3) is 4.14. The van der Waals surface area contributed by atoms with Crippen molar-refractivity contribution in [1.29, 1.82) is 5.26 Å². The van der Waals surface area contributed by atoms with Crippen molar-refractivity contribution in [3.05, 3.63) is 175 Å². The zero-order valence-corrected chi connectivity index (χ0v) is 25.8. The Balaban J connectivity index is 1.19. The van der Waals surface area contributed by atoms with Crippen LogP contribution in [-0.2, 0) is 0 Å². The van der Waals surface area contributed by atoms with Gasteiger partial charge in [-0.3, -0.25) is 0 Å². The van der Waals surface area contributed by atoms with Crippen LogP contribution < -0.4 is 0 Å². The van der Waals surface area contributed by atoms with E-state index in [1.165, 1.54) is 10.8 Å². The summed E-state index contributed by atoms with van der Waals surface area (Å²) in [6.07, 6.45) is 0. The molecule has 7 aromatic carbocycles. The minimum absolute atomic E-state index is 0.610. The average molecular weight is 611 g/mol. The van der Waals surface area contributed by atoms with Crippen LogP contribution in [0.3, 0.4) is 0 Å². The van der Waals surface area contributed by atoms with Gasteiger partial charge in [0.1, 0.15) is 0 Å². The van der Waals surface area contributed by atoms with Crippen LogP contribution in [-0.4, -0.2) is 9.13 Å². The summed E-state index contributed by atoms with van der Waals surface area (Å²) >= 11 is 0. The van der Waals surface area contributed by atoms with Gasteiger partial charge in [0.25, 0.3) is 0 Å². The molecule has 0 saturated heterocycles. The molecule has 0 saturated carbocycles. The molecule has 4 heteroatoms. The SMILES string of the molecule is [C-]#[N+]c1ccc2c(c1)c1ccccc1n2-c1ccccc1-c1ccc(-c2cccc(-n3c4ccccc4c4ccccc43)c2)cc1C#N. The maximum Gasteiger partial charge on any atom is 0.188 e. The first-order chi connectivity index (χ1) is 23.7. The normalized spacial score (nSPS) is 11.3. The van der Waals surface area contributed by atoms with Gasteiger partial charge < -0.3 is 9.13 Å². The number of aromatic nitrogens is 2. The van der Waals surface area contributed by atoms with Gasteiger partial charge in [0.2, 0.25) is 0 Å². The molecule has 0 aliphatic heterocycles. The molecular formula is C44H26N4. The van der Waals surface area contributed by atoms with Crippen molar-refractivity contribution in [2.75, 3.05) is 0 Å². The van der Waals surface area contributed by atoms with Crippen molar-refractivity contribution < 1.29 is 0 Å². The van der Waals surface area contributed by atoms with Gasteiger partial charge in [-0.15, -0.1) is 0 Å². The minimum atomic E-state index is 0.610. The van der Waals surface area contributed by atoms with Crippen molar-refractivity contribution in [1.82, 2.24) is 9.13 Å². The largest absolute Gasteiger partial charge is 0.309 e. The molecule has 2 heterocycles. The van der Waals surface area contributed by atoms with Crippen molar-refractivity contribution in [2.45, 2.75) is 0 Å². The van der Waals surface area contributed by atoms with Crippen LogP contribution in [0.5, 0.6) is 0 Å². The second-order valence-electron chi connectivity index (χ2n) is 12.0. The molecule has 0 bridgehead atoms. The summed E-state index contributed by atoms with van der Waals surface area (Å²) in [6, 6.07) is 56.7. The zero-order valence-electron chi connectivity index (χ0n) is 25.8. The molecule has 2 aromatic heterocycles. The van der Waals surface area contributed by atoms with Gasteiger partial charge in [-0.25, -0.2) is 4.85 Å². The lowest BCUT2D eigenvalue weighted by atomic mass is 9.94. The lowest BCUT2D eigenvalue weighted by molar-refractivity contribution is 1.18. The van der Waals surface area contributed by atoms with Gasteiger partial charge in [0, 0.05) is 33.0 Å². The molecule has 0 unspecified atom stereocenters. The molecular weight excluding hydrogens is 585 g/mol. The zero-order chi connectivity index (χ0) is 32.2. The molecule has 0 atom stereocenters. The van der Waals surface area contributed by atoms with Gasteiger partial charge in [0.05, 0.1) is 46.0 Å². The van der Waals surface area contributed by atoms with E-state index in [-0.39, 0.29) is 0 Å². The predicted molar refractivity (Wildman–Crippen MR) is 197 cm³/mol. The highest BCUT2D eigenvalue weighted by molar-refractivity contribution is 6.11. The van der Waals surface area contributed by atoms with Gasteiger partial charge in [-0.2, -0.15) is 5.26 Å². The number of hydrogen-bond donors (Lipinski definition) is 0. The first-order valence-electron chi connectivity index (χ1n) is 15.9. The maximum atomic E-state index is 10.5. The first kappa shape index (κ1) is 27.4. The van der Waals surface area contributed by atoms with E-state index < -0.39 is 0 Å². The Labute approximate surface area is 277 Å². The van der Waals surface area contributed by atoms with Crippen LogP contribution in [0, 0.1) is 17.9 Å². The average Bonchev–Trinajstić information content (AvgIpc) is 3.67. The summed E-state index contributed by atoms with van der Waals surface area (Å²) in [5.41, 5.74) is 11.6. The van der Waals surface area contributed by atoms with Crippen LogP contribution in [0.2, 0.25) is 0 Å². The van der Waals surface area contributed by atoms with E-state index in [1.807, 2.05) is 48.5 Å².